The van der Waals surface area contributed by atoms with Crippen LogP contribution in [0.1, 0.15) is 30.8 Å². The fourth-order valence-electron chi connectivity index (χ4n) is 2.41. The van der Waals surface area contributed by atoms with E-state index in [-0.39, 0.29) is 11.3 Å². The molecule has 0 saturated heterocycles. The Labute approximate surface area is 133 Å². The summed E-state index contributed by atoms with van der Waals surface area (Å²) in [7, 11) is 0. The normalized spacial score (nSPS) is 20.0. The van der Waals surface area contributed by atoms with Crippen molar-refractivity contribution < 1.29 is 13.6 Å². The first-order valence-electron chi connectivity index (χ1n) is 7.36. The maximum absolute atomic E-state index is 13.5. The predicted molar refractivity (Wildman–Crippen MR) is 83.8 cm³/mol. The van der Waals surface area contributed by atoms with Gasteiger partial charge >= 0.3 is 0 Å². The van der Waals surface area contributed by atoms with Crippen LogP contribution in [0, 0.1) is 23.1 Å². The molecule has 0 unspecified atom stereocenters. The van der Waals surface area contributed by atoms with Gasteiger partial charge in [-0.3, -0.25) is 4.79 Å². The molecule has 1 aliphatic carbocycles. The number of nitrogens with zero attached hydrogens (tertiary/aromatic N) is 1. The van der Waals surface area contributed by atoms with Gasteiger partial charge in [-0.15, -0.1) is 0 Å². The number of amides is 1. The smallest absolute Gasteiger partial charge is 0.266 e. The molecule has 4 nitrogen and oxygen atoms in total. The molecule has 2 aromatic rings. The molecule has 5 heteroatoms. The number of hydrogen-bond acceptors (Lipinski definition) is 3. The number of nitrogens with one attached hydrogen (secondary N) is 1. The number of halogens is 1. The first-order valence-corrected chi connectivity index (χ1v) is 7.36. The van der Waals surface area contributed by atoms with Crippen molar-refractivity contribution in [2.24, 2.45) is 5.92 Å². The summed E-state index contributed by atoms with van der Waals surface area (Å²) in [6.07, 6.45) is 2.46. The fraction of sp³-hybridized carbons (Fsp3) is 0.222. The second-order valence-corrected chi connectivity index (χ2v) is 5.66. The van der Waals surface area contributed by atoms with Crippen LogP contribution in [0.25, 0.3) is 6.08 Å². The first kappa shape index (κ1) is 15.0. The van der Waals surface area contributed by atoms with Crippen LogP contribution in [-0.4, -0.2) is 5.91 Å². The summed E-state index contributed by atoms with van der Waals surface area (Å²) in [6.45, 7) is 2.14. The summed E-state index contributed by atoms with van der Waals surface area (Å²) in [5.41, 5.74) is -0.108. The maximum atomic E-state index is 13.5. The van der Waals surface area contributed by atoms with Gasteiger partial charge in [-0.25, -0.2) is 4.39 Å². The van der Waals surface area contributed by atoms with E-state index >= 15 is 0 Å². The average Bonchev–Trinajstić information content (AvgIpc) is 3.09. The molecule has 1 fully saturated rings. The van der Waals surface area contributed by atoms with Crippen molar-refractivity contribution >= 4 is 17.7 Å². The Morgan fingerprint density at radius 3 is 2.78 bits per heavy atom. The lowest BCUT2D eigenvalue weighted by atomic mass is 10.2. The topological polar surface area (TPSA) is 66.0 Å². The number of rotatable bonds is 4. The highest BCUT2D eigenvalue weighted by atomic mass is 19.1. The molecule has 1 aromatic carbocycles. The SMILES string of the molecule is C[C@@H]1C[C@H]1c1ccc(/C=C(\C#N)C(=O)Nc2ccccc2F)o1. The summed E-state index contributed by atoms with van der Waals surface area (Å²) < 4.78 is 19.2. The van der Waals surface area contributed by atoms with E-state index in [1.54, 1.807) is 12.1 Å². The zero-order valence-corrected chi connectivity index (χ0v) is 12.5. The highest BCUT2D eigenvalue weighted by molar-refractivity contribution is 6.09. The number of anilines is 1. The Balaban J connectivity index is 1.76. The molecular weight excluding hydrogens is 295 g/mol. The Kier molecular flexibility index (Phi) is 3.98. The molecule has 1 saturated carbocycles. The molecule has 3 rings (SSSR count). The minimum Gasteiger partial charge on any atom is -0.461 e. The van der Waals surface area contributed by atoms with Crippen LogP contribution in [0.5, 0.6) is 0 Å². The molecule has 1 amide bonds. The van der Waals surface area contributed by atoms with Crippen LogP contribution in [-0.2, 0) is 4.79 Å². The van der Waals surface area contributed by atoms with Gasteiger partial charge in [0.25, 0.3) is 5.91 Å². The van der Waals surface area contributed by atoms with E-state index in [4.69, 9.17) is 9.68 Å². The predicted octanol–water partition coefficient (Wildman–Crippen LogP) is 4.09. The van der Waals surface area contributed by atoms with E-state index in [1.807, 2.05) is 12.1 Å². The standard InChI is InChI=1S/C18H15FN2O2/c1-11-8-14(11)17-7-6-13(23-17)9-12(10-20)18(22)21-16-5-3-2-4-15(16)19/h2-7,9,11,14H,8H2,1H3,(H,21,22)/b12-9+/t11-,14-/m1/s1. The Bertz CT molecular complexity index is 816. The lowest BCUT2D eigenvalue weighted by molar-refractivity contribution is -0.112. The van der Waals surface area contributed by atoms with Crippen LogP contribution < -0.4 is 5.32 Å². The van der Waals surface area contributed by atoms with Crippen molar-refractivity contribution in [3.05, 3.63) is 59.3 Å². The zero-order chi connectivity index (χ0) is 16.4. The minimum atomic E-state index is -0.671. The van der Waals surface area contributed by atoms with Gasteiger partial charge in [-0.2, -0.15) is 5.26 Å². The van der Waals surface area contributed by atoms with Gasteiger partial charge in [0.1, 0.15) is 29.0 Å². The molecule has 1 N–H and O–H groups in total. The molecule has 0 spiro atoms. The maximum Gasteiger partial charge on any atom is 0.266 e. The van der Waals surface area contributed by atoms with Crippen molar-refractivity contribution in [2.45, 2.75) is 19.3 Å². The molecule has 1 heterocycles. The second kappa shape index (κ2) is 6.09. The van der Waals surface area contributed by atoms with Gasteiger partial charge in [-0.1, -0.05) is 19.1 Å². The number of nitriles is 1. The van der Waals surface area contributed by atoms with Gasteiger partial charge in [0, 0.05) is 12.0 Å². The molecule has 1 aliphatic rings. The van der Waals surface area contributed by atoms with Crippen molar-refractivity contribution in [1.29, 1.82) is 5.26 Å². The van der Waals surface area contributed by atoms with Crippen molar-refractivity contribution in [2.75, 3.05) is 5.32 Å². The molecule has 23 heavy (non-hydrogen) atoms. The number of para-hydroxylation sites is 1. The van der Waals surface area contributed by atoms with Crippen LogP contribution in [0.3, 0.4) is 0 Å². The highest BCUT2D eigenvalue weighted by Gasteiger charge is 2.36. The summed E-state index contributed by atoms with van der Waals surface area (Å²) in [5, 5.41) is 11.5. The number of furan rings is 1. The van der Waals surface area contributed by atoms with Gasteiger partial charge in [0.15, 0.2) is 0 Å². The molecule has 0 bridgehead atoms. The number of hydrogen-bond donors (Lipinski definition) is 1. The molecule has 116 valence electrons. The molecule has 1 aromatic heterocycles. The van der Waals surface area contributed by atoms with Gasteiger partial charge < -0.3 is 9.73 Å². The highest BCUT2D eigenvalue weighted by Crippen LogP contribution is 2.47. The summed E-state index contributed by atoms with van der Waals surface area (Å²) in [4.78, 5) is 12.1. The third-order valence-corrected chi connectivity index (χ3v) is 3.90. The van der Waals surface area contributed by atoms with E-state index in [0.29, 0.717) is 17.6 Å². The number of carbonyl (C=O) groups excluding carboxylic acids is 1. The first-order chi connectivity index (χ1) is 11.1. The Hall–Kier alpha value is -2.87. The van der Waals surface area contributed by atoms with Crippen molar-refractivity contribution in [3.8, 4) is 6.07 Å². The second-order valence-electron chi connectivity index (χ2n) is 5.66. The van der Waals surface area contributed by atoms with Crippen LogP contribution in [0.4, 0.5) is 10.1 Å². The lowest BCUT2D eigenvalue weighted by Gasteiger charge is -2.04. The average molecular weight is 310 g/mol. The summed E-state index contributed by atoms with van der Waals surface area (Å²) in [5.74, 6) is 1.12. The summed E-state index contributed by atoms with van der Waals surface area (Å²) >= 11 is 0. The molecule has 2 atom stereocenters. The van der Waals surface area contributed by atoms with E-state index in [0.717, 1.165) is 12.2 Å². The number of benzene rings is 1. The van der Waals surface area contributed by atoms with Crippen molar-refractivity contribution in [3.63, 3.8) is 0 Å². The lowest BCUT2D eigenvalue weighted by Crippen LogP contribution is -2.14. The van der Waals surface area contributed by atoms with E-state index in [1.165, 1.54) is 24.3 Å². The Morgan fingerprint density at radius 1 is 1.39 bits per heavy atom. The molecule has 0 radical (unpaired) electrons. The largest absolute Gasteiger partial charge is 0.461 e. The van der Waals surface area contributed by atoms with Crippen LogP contribution in [0.2, 0.25) is 0 Å². The third kappa shape index (κ3) is 3.32. The van der Waals surface area contributed by atoms with Crippen molar-refractivity contribution in [1.82, 2.24) is 0 Å². The van der Waals surface area contributed by atoms with E-state index in [9.17, 15) is 9.18 Å². The van der Waals surface area contributed by atoms with Crippen LogP contribution in [0.15, 0.2) is 46.4 Å². The number of carbonyl (C=O) groups is 1. The van der Waals surface area contributed by atoms with E-state index in [2.05, 4.69) is 12.2 Å². The fourth-order valence-corrected chi connectivity index (χ4v) is 2.41. The van der Waals surface area contributed by atoms with Crippen LogP contribution >= 0.6 is 0 Å². The molecule has 0 aliphatic heterocycles. The third-order valence-electron chi connectivity index (χ3n) is 3.90. The van der Waals surface area contributed by atoms with Gasteiger partial charge in [-0.05, 0) is 36.6 Å². The quantitative estimate of drug-likeness (QED) is 0.683. The monoisotopic (exact) mass is 310 g/mol. The van der Waals surface area contributed by atoms with Gasteiger partial charge in [0.05, 0.1) is 5.69 Å². The molecular formula is C18H15FN2O2. The van der Waals surface area contributed by atoms with Gasteiger partial charge in [0.2, 0.25) is 0 Å². The minimum absolute atomic E-state index is 0.0330. The van der Waals surface area contributed by atoms with E-state index < -0.39 is 11.7 Å². The Morgan fingerprint density at radius 2 is 2.13 bits per heavy atom. The summed E-state index contributed by atoms with van der Waals surface area (Å²) in [6, 6.07) is 11.2. The zero-order valence-electron chi connectivity index (χ0n) is 12.5.